The Morgan fingerprint density at radius 1 is 1.11 bits per heavy atom. The summed E-state index contributed by atoms with van der Waals surface area (Å²) in [4.78, 5) is 32.3. The lowest BCUT2D eigenvalue weighted by molar-refractivity contribution is 0.0327. The van der Waals surface area contributed by atoms with Crippen LogP contribution in [0.1, 0.15) is 11.4 Å². The summed E-state index contributed by atoms with van der Waals surface area (Å²) < 4.78 is 10.9. The zero-order valence-corrected chi connectivity index (χ0v) is 17.5. The quantitative estimate of drug-likeness (QED) is 0.597. The van der Waals surface area contributed by atoms with Gasteiger partial charge in [0.25, 0.3) is 5.56 Å². The number of halogens is 1. The van der Waals surface area contributed by atoms with Gasteiger partial charge in [0, 0.05) is 38.2 Å². The first-order valence-electron chi connectivity index (χ1n) is 9.15. The van der Waals surface area contributed by atoms with Crippen LogP contribution in [0.4, 0.5) is 0 Å². The summed E-state index contributed by atoms with van der Waals surface area (Å²) in [5.41, 5.74) is 1.23. The summed E-state index contributed by atoms with van der Waals surface area (Å²) in [6, 6.07) is 7.97. The molecule has 0 amide bonds. The van der Waals surface area contributed by atoms with Gasteiger partial charge in [-0.3, -0.25) is 18.8 Å². The molecule has 0 radical (unpaired) electrons. The van der Waals surface area contributed by atoms with Crippen LogP contribution < -0.4 is 11.2 Å². The van der Waals surface area contributed by atoms with E-state index in [1.165, 1.54) is 11.6 Å². The Hall–Kier alpha value is -2.23. The second kappa shape index (κ2) is 7.65. The second-order valence-corrected chi connectivity index (χ2v) is 7.93. The van der Waals surface area contributed by atoms with E-state index in [9.17, 15) is 9.59 Å². The van der Waals surface area contributed by atoms with E-state index in [-0.39, 0.29) is 11.2 Å². The maximum absolute atomic E-state index is 12.9. The molecule has 1 aliphatic rings. The lowest BCUT2D eigenvalue weighted by Crippen LogP contribution is -2.38. The number of fused-ring (bicyclic) bond motifs is 1. The summed E-state index contributed by atoms with van der Waals surface area (Å²) in [6.45, 7) is 4.11. The topological polar surface area (TPSA) is 74.3 Å². The predicted octanol–water partition coefficient (Wildman–Crippen LogP) is 1.08. The van der Waals surface area contributed by atoms with Gasteiger partial charge in [-0.1, -0.05) is 28.1 Å². The number of hydrogen-bond donors (Lipinski definition) is 0. The molecule has 0 unspecified atom stereocenters. The first kappa shape index (κ1) is 19.1. The van der Waals surface area contributed by atoms with Gasteiger partial charge < -0.3 is 9.30 Å². The van der Waals surface area contributed by atoms with Crippen LogP contribution >= 0.6 is 15.9 Å². The Morgan fingerprint density at radius 2 is 1.86 bits per heavy atom. The van der Waals surface area contributed by atoms with Crippen molar-refractivity contribution in [1.29, 1.82) is 0 Å². The van der Waals surface area contributed by atoms with Gasteiger partial charge in [-0.15, -0.1) is 0 Å². The summed E-state index contributed by atoms with van der Waals surface area (Å²) in [5.74, 6) is 0.773. The van der Waals surface area contributed by atoms with Crippen molar-refractivity contribution in [3.05, 3.63) is 61.0 Å². The zero-order chi connectivity index (χ0) is 19.8. The third-order valence-corrected chi connectivity index (χ3v) is 5.62. The molecule has 0 saturated carbocycles. The number of imidazole rings is 1. The Morgan fingerprint density at radius 3 is 2.57 bits per heavy atom. The molecule has 9 heteroatoms. The van der Waals surface area contributed by atoms with E-state index in [2.05, 4.69) is 20.8 Å². The molecule has 0 N–H and O–H groups in total. The van der Waals surface area contributed by atoms with Crippen LogP contribution in [-0.2, 0) is 31.9 Å². The van der Waals surface area contributed by atoms with Gasteiger partial charge in [0.15, 0.2) is 11.2 Å². The summed E-state index contributed by atoms with van der Waals surface area (Å²) in [7, 11) is 3.15. The van der Waals surface area contributed by atoms with Gasteiger partial charge in [0.05, 0.1) is 19.8 Å². The van der Waals surface area contributed by atoms with E-state index >= 15 is 0 Å². The SMILES string of the molecule is Cn1c(=O)c2c(nc(CN3CCOCC3)n2Cc2cccc(Br)c2)n(C)c1=O. The highest BCUT2D eigenvalue weighted by Gasteiger charge is 2.21. The van der Waals surface area contributed by atoms with Crippen molar-refractivity contribution in [3.8, 4) is 0 Å². The molecular formula is C19H22BrN5O3. The standard InChI is InChI=1S/C19H22BrN5O3/c1-22-17-16(18(26)23(2)19(22)27)25(11-13-4-3-5-14(20)10-13)15(21-17)12-24-6-8-28-9-7-24/h3-5,10H,6-9,11-12H2,1-2H3. The third kappa shape index (κ3) is 3.45. The van der Waals surface area contributed by atoms with E-state index < -0.39 is 0 Å². The number of hydrogen-bond acceptors (Lipinski definition) is 5. The van der Waals surface area contributed by atoms with Crippen LogP contribution in [0.3, 0.4) is 0 Å². The fourth-order valence-electron chi connectivity index (χ4n) is 3.56. The number of aromatic nitrogens is 4. The number of ether oxygens (including phenoxy) is 1. The summed E-state index contributed by atoms with van der Waals surface area (Å²) in [6.07, 6.45) is 0. The van der Waals surface area contributed by atoms with Crippen LogP contribution in [0.5, 0.6) is 0 Å². The highest BCUT2D eigenvalue weighted by atomic mass is 79.9. The average molecular weight is 448 g/mol. The van der Waals surface area contributed by atoms with Crippen molar-refractivity contribution in [2.24, 2.45) is 14.1 Å². The Balaban J connectivity index is 1.88. The first-order valence-corrected chi connectivity index (χ1v) is 9.94. The molecule has 1 saturated heterocycles. The third-order valence-electron chi connectivity index (χ3n) is 5.13. The van der Waals surface area contributed by atoms with Crippen molar-refractivity contribution < 1.29 is 4.74 Å². The summed E-state index contributed by atoms with van der Waals surface area (Å²) >= 11 is 3.50. The molecule has 148 valence electrons. The van der Waals surface area contributed by atoms with Gasteiger partial charge in [-0.25, -0.2) is 9.78 Å². The molecule has 0 aliphatic carbocycles. The molecule has 28 heavy (non-hydrogen) atoms. The predicted molar refractivity (Wildman–Crippen MR) is 110 cm³/mol. The monoisotopic (exact) mass is 447 g/mol. The number of aryl methyl sites for hydroxylation is 1. The van der Waals surface area contributed by atoms with Crippen molar-refractivity contribution in [1.82, 2.24) is 23.6 Å². The van der Waals surface area contributed by atoms with E-state index in [0.29, 0.717) is 37.5 Å². The zero-order valence-electron chi connectivity index (χ0n) is 15.9. The largest absolute Gasteiger partial charge is 0.379 e. The molecule has 8 nitrogen and oxygen atoms in total. The molecule has 0 spiro atoms. The van der Waals surface area contributed by atoms with Gasteiger partial charge in [-0.2, -0.15) is 0 Å². The maximum Gasteiger partial charge on any atom is 0.332 e. The fourth-order valence-corrected chi connectivity index (χ4v) is 4.01. The molecule has 2 aromatic heterocycles. The van der Waals surface area contributed by atoms with Gasteiger partial charge in [0.2, 0.25) is 0 Å². The molecule has 0 bridgehead atoms. The van der Waals surface area contributed by atoms with Gasteiger partial charge in [-0.05, 0) is 17.7 Å². The van der Waals surface area contributed by atoms with Crippen molar-refractivity contribution in [3.63, 3.8) is 0 Å². The molecule has 3 heterocycles. The van der Waals surface area contributed by atoms with Crippen molar-refractivity contribution >= 4 is 27.1 Å². The van der Waals surface area contributed by atoms with Crippen molar-refractivity contribution in [2.75, 3.05) is 26.3 Å². The highest BCUT2D eigenvalue weighted by Crippen LogP contribution is 2.18. The van der Waals surface area contributed by atoms with E-state index in [1.807, 2.05) is 28.8 Å². The fraction of sp³-hybridized carbons (Fsp3) is 0.421. The van der Waals surface area contributed by atoms with Gasteiger partial charge in [0.1, 0.15) is 5.82 Å². The summed E-state index contributed by atoms with van der Waals surface area (Å²) in [5, 5.41) is 0. The molecule has 1 fully saturated rings. The minimum Gasteiger partial charge on any atom is -0.379 e. The molecular weight excluding hydrogens is 426 g/mol. The second-order valence-electron chi connectivity index (χ2n) is 7.01. The number of rotatable bonds is 4. The lowest BCUT2D eigenvalue weighted by Gasteiger charge is -2.26. The average Bonchev–Trinajstić information content (AvgIpc) is 3.03. The molecule has 1 aliphatic heterocycles. The number of nitrogens with zero attached hydrogens (tertiary/aromatic N) is 5. The molecule has 0 atom stereocenters. The molecule has 4 rings (SSSR count). The minimum atomic E-state index is -0.373. The molecule has 3 aromatic rings. The van der Waals surface area contributed by atoms with E-state index in [4.69, 9.17) is 9.72 Å². The number of benzene rings is 1. The first-order chi connectivity index (χ1) is 13.5. The maximum atomic E-state index is 12.9. The Kier molecular flexibility index (Phi) is 5.22. The smallest absolute Gasteiger partial charge is 0.332 e. The normalized spacial score (nSPS) is 15.4. The minimum absolute atomic E-state index is 0.325. The van der Waals surface area contributed by atoms with Crippen LogP contribution in [0.25, 0.3) is 11.2 Å². The number of morpholine rings is 1. The van der Waals surface area contributed by atoms with E-state index in [0.717, 1.165) is 33.5 Å². The Labute approximate surface area is 170 Å². The Bertz CT molecular complexity index is 1140. The molecule has 1 aromatic carbocycles. The highest BCUT2D eigenvalue weighted by molar-refractivity contribution is 9.10. The van der Waals surface area contributed by atoms with E-state index in [1.54, 1.807) is 7.05 Å². The van der Waals surface area contributed by atoms with Crippen LogP contribution in [0, 0.1) is 0 Å². The van der Waals surface area contributed by atoms with Crippen LogP contribution in [-0.4, -0.2) is 49.9 Å². The lowest BCUT2D eigenvalue weighted by atomic mass is 10.2. The van der Waals surface area contributed by atoms with Crippen LogP contribution in [0.15, 0.2) is 38.3 Å². The van der Waals surface area contributed by atoms with Gasteiger partial charge >= 0.3 is 5.69 Å². The van der Waals surface area contributed by atoms with Crippen LogP contribution in [0.2, 0.25) is 0 Å². The van der Waals surface area contributed by atoms with Crippen molar-refractivity contribution in [2.45, 2.75) is 13.1 Å².